The number of rotatable bonds is 14. The van der Waals surface area contributed by atoms with Crippen molar-refractivity contribution in [2.75, 3.05) is 63.0 Å². The maximum atomic E-state index is 14.1. The summed E-state index contributed by atoms with van der Waals surface area (Å²) >= 11 is 0. The highest BCUT2D eigenvalue weighted by Crippen LogP contribution is 2.46. The highest BCUT2D eigenvalue weighted by atomic mass is 31.2. The first-order chi connectivity index (χ1) is 38.9. The molecule has 0 saturated carbocycles. The van der Waals surface area contributed by atoms with Gasteiger partial charge >= 0.3 is 7.82 Å². The van der Waals surface area contributed by atoms with E-state index in [4.69, 9.17) is 9.51 Å². The zero-order chi connectivity index (χ0) is 58.3. The Bertz CT molecular complexity index is 3740. The first-order valence-corrected chi connectivity index (χ1v) is 29.0. The Balaban J connectivity index is 0.764. The molecule has 4 aliphatic heterocycles. The normalized spacial score (nSPS) is 20.0. The number of hydrogen-bond acceptors (Lipinski definition) is 15. The standard InChI is InChI=1S/C59H67N12O10P/c1-9-51(73)63-45-26-37(62-52-57(77)65(8)32-46(64-52)41-15-18-61-53(44(41)33-72)70-23-22-69-48(56(70)76)25-36-29-58(4,5)30-49(36)69)10-13-47(45)68-21-20-66(31-35(68)3)38-16-19-67(34(2)24-38)39-11-12-42-43(27-39)55(75)71(54(42)74)40-14-17-60-50(28-40)59(6,7)81-82(78,79)80/h9-15,17-18,25-28,32,34-35,38,72H,1,16,19-24,29-31,33H2,2-8H3,(H,62,64)(H,63,73)(H2,78,79,80)/t34-,35-,38?/m0/s1. The Kier molecular flexibility index (Phi) is 14.5. The van der Waals surface area contributed by atoms with Gasteiger partial charge in [-0.15, -0.1) is 0 Å². The molecule has 0 spiro atoms. The van der Waals surface area contributed by atoms with E-state index in [1.807, 2.05) is 24.3 Å². The second-order valence-corrected chi connectivity index (χ2v) is 24.5. The lowest BCUT2D eigenvalue weighted by Crippen LogP contribution is -2.58. The molecule has 0 bridgehead atoms. The number of anilines is 7. The number of benzene rings is 2. The van der Waals surface area contributed by atoms with Crippen LogP contribution in [0.15, 0.2) is 96.7 Å². The third-order valence-corrected chi connectivity index (χ3v) is 17.3. The van der Waals surface area contributed by atoms with Gasteiger partial charge in [-0.2, -0.15) is 0 Å². The number of hydrogen-bond donors (Lipinski definition) is 5. The molecule has 5 N–H and O–H groups in total. The molecule has 8 heterocycles. The van der Waals surface area contributed by atoms with Crippen molar-refractivity contribution in [2.24, 2.45) is 12.5 Å². The molecule has 22 nitrogen and oxygen atoms in total. The van der Waals surface area contributed by atoms with Crippen LogP contribution in [0.1, 0.15) is 108 Å². The lowest BCUT2D eigenvalue weighted by molar-refractivity contribution is -0.111. The number of aryl methyl sites for hydroxylation is 1. The Hall–Kier alpha value is -7.85. The van der Waals surface area contributed by atoms with Crippen molar-refractivity contribution in [3.8, 4) is 11.3 Å². The molecule has 23 heteroatoms. The number of amides is 4. The van der Waals surface area contributed by atoms with Gasteiger partial charge in [0.25, 0.3) is 23.3 Å². The number of fused-ring (bicyclic) bond motifs is 4. The summed E-state index contributed by atoms with van der Waals surface area (Å²) in [6.45, 7) is 18.8. The molecule has 2 fully saturated rings. The van der Waals surface area contributed by atoms with E-state index in [9.17, 15) is 43.4 Å². The zero-order valence-electron chi connectivity index (χ0n) is 46.9. The molecule has 4 aromatic heterocycles. The van der Waals surface area contributed by atoms with Crippen LogP contribution < -0.4 is 35.8 Å². The third-order valence-electron chi connectivity index (χ3n) is 16.6. The van der Waals surface area contributed by atoms with Crippen LogP contribution in [0.4, 0.5) is 40.1 Å². The summed E-state index contributed by atoms with van der Waals surface area (Å²) < 4.78 is 20.2. The summed E-state index contributed by atoms with van der Waals surface area (Å²) in [6.07, 6.45) is 9.24. The molecule has 11 rings (SSSR count). The smallest absolute Gasteiger partial charge is 0.392 e. The Morgan fingerprint density at radius 3 is 2.37 bits per heavy atom. The summed E-state index contributed by atoms with van der Waals surface area (Å²) in [4.78, 5) is 111. The van der Waals surface area contributed by atoms with E-state index in [1.165, 1.54) is 54.1 Å². The Labute approximate surface area is 474 Å². The van der Waals surface area contributed by atoms with Crippen LogP contribution in [0.2, 0.25) is 0 Å². The van der Waals surface area contributed by atoms with Gasteiger partial charge in [-0.05, 0) is 131 Å². The quantitative estimate of drug-likeness (QED) is 0.0422. The van der Waals surface area contributed by atoms with E-state index in [2.05, 4.69) is 74.1 Å². The largest absolute Gasteiger partial charge is 0.470 e. The van der Waals surface area contributed by atoms with Crippen LogP contribution in [0.3, 0.4) is 0 Å². The number of phosphoric ester groups is 1. The fourth-order valence-corrected chi connectivity index (χ4v) is 13.4. The predicted octanol–water partition coefficient (Wildman–Crippen LogP) is 6.90. The maximum absolute atomic E-state index is 14.1. The Morgan fingerprint density at radius 2 is 1.63 bits per heavy atom. The van der Waals surface area contributed by atoms with Gasteiger partial charge in [0, 0.05) is 111 Å². The molecule has 4 amide bonds. The fourth-order valence-electron chi connectivity index (χ4n) is 12.7. The van der Waals surface area contributed by atoms with Crippen molar-refractivity contribution < 1.29 is 43.2 Å². The van der Waals surface area contributed by atoms with Crippen molar-refractivity contribution in [1.29, 1.82) is 0 Å². The minimum Gasteiger partial charge on any atom is -0.392 e. The fraction of sp³-hybridized carbons (Fsp3) is 0.390. The van der Waals surface area contributed by atoms with Gasteiger partial charge in [0.05, 0.1) is 46.2 Å². The number of aliphatic hydroxyl groups excluding tert-OH is 1. The van der Waals surface area contributed by atoms with Crippen molar-refractivity contribution in [1.82, 2.24) is 29.0 Å². The number of aromatic nitrogens is 5. The van der Waals surface area contributed by atoms with Crippen LogP contribution in [0, 0.1) is 5.41 Å². The predicted molar refractivity (Wildman–Crippen MR) is 311 cm³/mol. The number of phosphoric acid groups is 1. The second-order valence-electron chi connectivity index (χ2n) is 23.3. The van der Waals surface area contributed by atoms with Crippen LogP contribution in [0.25, 0.3) is 11.3 Å². The van der Waals surface area contributed by atoms with Gasteiger partial charge in [0.2, 0.25) is 5.91 Å². The maximum Gasteiger partial charge on any atom is 0.470 e. The van der Waals surface area contributed by atoms with E-state index in [0.717, 1.165) is 55.0 Å². The lowest BCUT2D eigenvalue weighted by Gasteiger charge is -2.48. The molecule has 0 radical (unpaired) electrons. The topological polar surface area (TPSA) is 261 Å². The third kappa shape index (κ3) is 10.4. The van der Waals surface area contributed by atoms with Gasteiger partial charge in [-0.25, -0.2) is 19.4 Å². The number of carbonyl (C=O) groups excluding carboxylic acids is 4. The molecule has 5 aliphatic rings. The summed E-state index contributed by atoms with van der Waals surface area (Å²) in [6, 6.07) is 17.8. The summed E-state index contributed by atoms with van der Waals surface area (Å²) in [5.74, 6) is -1.28. The SMILES string of the molecule is C=CC(=O)Nc1cc(Nc2nc(-c3ccnc(N4CCn5c(cc6c5CC(C)(C)C6)C4=O)c3CO)cn(C)c2=O)ccc1N1CCN(C2CCN(c3ccc4c(c3)C(=O)N(c3ccnc(C(C)(C)OP(=O)(O)O)c3)C4=O)[C@@H](C)C2)C[C@@H]1C. The molecule has 2 aromatic carbocycles. The highest BCUT2D eigenvalue weighted by Gasteiger charge is 2.42. The molecule has 428 valence electrons. The summed E-state index contributed by atoms with van der Waals surface area (Å²) in [5, 5.41) is 17.1. The minimum absolute atomic E-state index is 0.00558. The summed E-state index contributed by atoms with van der Waals surface area (Å²) in [7, 11) is -3.27. The molecule has 6 aromatic rings. The molecule has 2 saturated heterocycles. The average molecular weight is 1140 g/mol. The number of pyridine rings is 2. The first-order valence-electron chi connectivity index (χ1n) is 27.5. The average Bonchev–Trinajstić information content (AvgIpc) is 4.09. The first kappa shape index (κ1) is 56.0. The molecule has 3 atom stereocenters. The number of nitrogens with one attached hydrogen (secondary N) is 2. The van der Waals surface area contributed by atoms with Gasteiger partial charge in [-0.3, -0.25) is 43.3 Å². The van der Waals surface area contributed by atoms with Gasteiger partial charge in [-0.1, -0.05) is 20.4 Å². The van der Waals surface area contributed by atoms with Crippen molar-refractivity contribution in [3.05, 3.63) is 142 Å². The number of nitrogens with zero attached hydrogens (tertiary/aromatic N) is 10. The number of aliphatic hydroxyl groups is 1. The highest BCUT2D eigenvalue weighted by molar-refractivity contribution is 7.46. The van der Waals surface area contributed by atoms with E-state index in [0.29, 0.717) is 65.9 Å². The molecular formula is C59H67N12O10P. The van der Waals surface area contributed by atoms with Gasteiger partial charge in [0.1, 0.15) is 17.1 Å². The van der Waals surface area contributed by atoms with Crippen molar-refractivity contribution in [3.63, 3.8) is 0 Å². The van der Waals surface area contributed by atoms with E-state index >= 15 is 0 Å². The second kappa shape index (κ2) is 21.2. The molecular weight excluding hydrogens is 1070 g/mol. The van der Waals surface area contributed by atoms with E-state index in [1.54, 1.807) is 48.6 Å². The lowest BCUT2D eigenvalue weighted by atomic mass is 9.90. The molecule has 1 aliphatic carbocycles. The van der Waals surface area contributed by atoms with E-state index in [-0.39, 0.29) is 57.8 Å². The number of piperazine rings is 1. The zero-order valence-corrected chi connectivity index (χ0v) is 47.8. The van der Waals surface area contributed by atoms with Crippen molar-refractivity contribution >= 4 is 71.5 Å². The van der Waals surface area contributed by atoms with Crippen molar-refractivity contribution in [2.45, 2.75) is 104 Å². The number of carbonyl (C=O) groups is 4. The number of imide groups is 1. The van der Waals surface area contributed by atoms with Crippen LogP contribution >= 0.6 is 7.82 Å². The van der Waals surface area contributed by atoms with Gasteiger partial charge < -0.3 is 44.5 Å². The number of piperidine rings is 1. The van der Waals surface area contributed by atoms with Crippen LogP contribution in [-0.2, 0) is 52.5 Å². The Morgan fingerprint density at radius 1 is 0.866 bits per heavy atom. The van der Waals surface area contributed by atoms with Crippen LogP contribution in [0.5, 0.6) is 0 Å². The van der Waals surface area contributed by atoms with E-state index < -0.39 is 43.3 Å². The monoisotopic (exact) mass is 1130 g/mol. The molecule has 1 unspecified atom stereocenters. The summed E-state index contributed by atoms with van der Waals surface area (Å²) in [5.41, 5.74) is 5.97. The van der Waals surface area contributed by atoms with Gasteiger partial charge in [0.15, 0.2) is 5.82 Å². The molecule has 82 heavy (non-hydrogen) atoms. The minimum atomic E-state index is -4.89. The van der Waals surface area contributed by atoms with Crippen LogP contribution in [-0.4, -0.2) is 118 Å².